The maximum absolute atomic E-state index is 11.2. The number of carboxylic acid groups (broad SMARTS) is 2. The lowest BCUT2D eigenvalue weighted by Gasteiger charge is -2.08. The molecule has 0 bridgehead atoms. The molecule has 0 aliphatic heterocycles. The molecular formula is C27H18ClNO6. The topological polar surface area (TPSA) is 117 Å². The Kier molecular flexibility index (Phi) is 6.80. The summed E-state index contributed by atoms with van der Waals surface area (Å²) in [5, 5.41) is 30.4. The highest BCUT2D eigenvalue weighted by Gasteiger charge is 2.09. The Morgan fingerprint density at radius 1 is 0.714 bits per heavy atom. The predicted molar refractivity (Wildman–Crippen MR) is 133 cm³/mol. The largest absolute Gasteiger partial charge is 0.508 e. The van der Waals surface area contributed by atoms with Crippen molar-refractivity contribution < 1.29 is 29.6 Å². The van der Waals surface area contributed by atoms with Gasteiger partial charge >= 0.3 is 11.9 Å². The van der Waals surface area contributed by atoms with E-state index in [1.165, 1.54) is 6.07 Å². The number of rotatable bonds is 4. The number of hydrogen-bond acceptors (Lipinski definition) is 5. The highest BCUT2D eigenvalue weighted by Crippen LogP contribution is 2.28. The molecule has 0 aliphatic carbocycles. The Labute approximate surface area is 204 Å². The second-order valence-corrected chi connectivity index (χ2v) is 7.81. The van der Waals surface area contributed by atoms with Crippen LogP contribution in [0.15, 0.2) is 91.1 Å². The number of benzene rings is 4. The van der Waals surface area contributed by atoms with E-state index in [0.717, 1.165) is 10.8 Å². The molecule has 174 valence electrons. The number of aromatic hydroxyl groups is 1. The lowest BCUT2D eigenvalue weighted by atomic mass is 10.0. The van der Waals surface area contributed by atoms with Crippen LogP contribution in [0.3, 0.4) is 0 Å². The normalized spacial score (nSPS) is 10.4. The smallest absolute Gasteiger partial charge is 0.336 e. The standard InChI is InChI=1S/C16H10ClNO3.C11H8O3/c17-15-9-12(6-7-18-15)21-11-4-5-13-10(8-11)2-1-3-14(13)16(19)20;12-8-4-5-9-7(6-8)2-1-3-10(9)11(13)14/h1-9H,(H,19,20);1-6,12H,(H,13,14). The fourth-order valence-corrected chi connectivity index (χ4v) is 3.72. The minimum atomic E-state index is -0.957. The number of hydrogen-bond donors (Lipinski definition) is 3. The van der Waals surface area contributed by atoms with Crippen LogP contribution < -0.4 is 4.74 Å². The van der Waals surface area contributed by atoms with Gasteiger partial charge in [0.2, 0.25) is 0 Å². The first-order chi connectivity index (χ1) is 16.8. The minimum Gasteiger partial charge on any atom is -0.508 e. The maximum atomic E-state index is 11.2. The predicted octanol–water partition coefficient (Wildman–Crippen LogP) is 6.62. The zero-order valence-corrected chi connectivity index (χ0v) is 18.8. The van der Waals surface area contributed by atoms with Crippen LogP contribution >= 0.6 is 11.6 Å². The van der Waals surface area contributed by atoms with Gasteiger partial charge in [-0.25, -0.2) is 14.6 Å². The van der Waals surface area contributed by atoms with Gasteiger partial charge in [0.15, 0.2) is 0 Å². The first-order valence-electron chi connectivity index (χ1n) is 10.3. The molecule has 35 heavy (non-hydrogen) atoms. The molecule has 0 fully saturated rings. The van der Waals surface area contributed by atoms with E-state index in [4.69, 9.17) is 26.6 Å². The highest BCUT2D eigenvalue weighted by atomic mass is 35.5. The Morgan fingerprint density at radius 2 is 1.29 bits per heavy atom. The molecule has 1 aromatic heterocycles. The van der Waals surface area contributed by atoms with E-state index in [2.05, 4.69) is 4.98 Å². The minimum absolute atomic E-state index is 0.139. The summed E-state index contributed by atoms with van der Waals surface area (Å²) in [4.78, 5) is 25.9. The van der Waals surface area contributed by atoms with Gasteiger partial charge in [-0.1, -0.05) is 35.9 Å². The number of carboxylic acids is 2. The number of nitrogens with zero attached hydrogens (tertiary/aromatic N) is 1. The van der Waals surface area contributed by atoms with Crippen molar-refractivity contribution in [1.82, 2.24) is 4.98 Å². The third kappa shape index (κ3) is 5.48. The van der Waals surface area contributed by atoms with Gasteiger partial charge in [0.05, 0.1) is 11.1 Å². The van der Waals surface area contributed by atoms with Crippen molar-refractivity contribution >= 4 is 45.1 Å². The number of aromatic nitrogens is 1. The van der Waals surface area contributed by atoms with E-state index < -0.39 is 11.9 Å². The molecule has 0 saturated heterocycles. The van der Waals surface area contributed by atoms with E-state index in [1.54, 1.807) is 79.0 Å². The zero-order chi connectivity index (χ0) is 24.9. The molecule has 0 aliphatic rings. The summed E-state index contributed by atoms with van der Waals surface area (Å²) in [5.74, 6) is -0.590. The number of carbonyl (C=O) groups is 2. The molecule has 4 aromatic carbocycles. The molecule has 7 nitrogen and oxygen atoms in total. The summed E-state index contributed by atoms with van der Waals surface area (Å²) < 4.78 is 5.70. The third-order valence-electron chi connectivity index (χ3n) is 5.11. The van der Waals surface area contributed by atoms with E-state index in [9.17, 15) is 14.7 Å². The summed E-state index contributed by atoms with van der Waals surface area (Å²) in [7, 11) is 0. The summed E-state index contributed by atoms with van der Waals surface area (Å²) in [5.41, 5.74) is 0.522. The van der Waals surface area contributed by atoms with Gasteiger partial charge in [-0.15, -0.1) is 0 Å². The van der Waals surface area contributed by atoms with Gasteiger partial charge in [0.25, 0.3) is 0 Å². The lowest BCUT2D eigenvalue weighted by Crippen LogP contribution is -1.97. The summed E-state index contributed by atoms with van der Waals surface area (Å²) in [6, 6.07) is 23.3. The van der Waals surface area contributed by atoms with Crippen molar-refractivity contribution in [3.05, 3.63) is 107 Å². The molecule has 8 heteroatoms. The molecule has 0 atom stereocenters. The Hall–Kier alpha value is -4.62. The number of halogens is 1. The Balaban J connectivity index is 0.000000179. The molecule has 0 amide bonds. The number of phenols is 1. The van der Waals surface area contributed by atoms with Crippen LogP contribution in [0.2, 0.25) is 5.15 Å². The van der Waals surface area contributed by atoms with Crippen molar-refractivity contribution in [2.45, 2.75) is 0 Å². The van der Waals surface area contributed by atoms with Crippen LogP contribution in [0.1, 0.15) is 20.7 Å². The first-order valence-corrected chi connectivity index (χ1v) is 10.7. The van der Waals surface area contributed by atoms with Gasteiger partial charge in [-0.05, 0) is 76.1 Å². The second kappa shape index (κ2) is 10.1. The van der Waals surface area contributed by atoms with Crippen LogP contribution in [0.5, 0.6) is 17.2 Å². The highest BCUT2D eigenvalue weighted by molar-refractivity contribution is 6.29. The Bertz CT molecular complexity index is 1570. The van der Waals surface area contributed by atoms with Crippen LogP contribution in [-0.4, -0.2) is 32.2 Å². The molecular weight excluding hydrogens is 470 g/mol. The summed E-state index contributed by atoms with van der Waals surface area (Å²) >= 11 is 5.81. The zero-order valence-electron chi connectivity index (χ0n) is 18.1. The number of aromatic carboxylic acids is 2. The quantitative estimate of drug-likeness (QED) is 0.244. The van der Waals surface area contributed by atoms with Crippen molar-refractivity contribution in [3.63, 3.8) is 0 Å². The van der Waals surface area contributed by atoms with Gasteiger partial charge in [-0.2, -0.15) is 0 Å². The SMILES string of the molecule is O=C(O)c1cccc2cc(O)ccc12.O=C(O)c1cccc2cc(Oc3ccnc(Cl)c3)ccc12. The van der Waals surface area contributed by atoms with Crippen LogP contribution in [-0.2, 0) is 0 Å². The van der Waals surface area contributed by atoms with Crippen LogP contribution in [0, 0.1) is 0 Å². The number of phenolic OH excluding ortho intramolecular Hbond substituents is 1. The van der Waals surface area contributed by atoms with Crippen LogP contribution in [0.25, 0.3) is 21.5 Å². The van der Waals surface area contributed by atoms with Gasteiger partial charge in [0, 0.05) is 12.3 Å². The van der Waals surface area contributed by atoms with E-state index in [1.807, 2.05) is 6.07 Å². The third-order valence-corrected chi connectivity index (χ3v) is 5.32. The molecule has 0 saturated carbocycles. The molecule has 0 spiro atoms. The number of fused-ring (bicyclic) bond motifs is 2. The van der Waals surface area contributed by atoms with Crippen molar-refractivity contribution in [2.75, 3.05) is 0 Å². The number of ether oxygens (including phenoxy) is 1. The molecule has 5 aromatic rings. The van der Waals surface area contributed by atoms with Crippen molar-refractivity contribution in [3.8, 4) is 17.2 Å². The monoisotopic (exact) mass is 487 g/mol. The molecule has 3 N–H and O–H groups in total. The molecule has 0 radical (unpaired) electrons. The van der Waals surface area contributed by atoms with Crippen LogP contribution in [0.4, 0.5) is 0 Å². The van der Waals surface area contributed by atoms with Crippen molar-refractivity contribution in [1.29, 1.82) is 0 Å². The first kappa shape index (κ1) is 23.5. The number of pyridine rings is 1. The lowest BCUT2D eigenvalue weighted by molar-refractivity contribution is 0.0688. The fourth-order valence-electron chi connectivity index (χ4n) is 3.55. The van der Waals surface area contributed by atoms with Gasteiger partial charge in [0.1, 0.15) is 22.4 Å². The fraction of sp³-hybridized carbons (Fsp3) is 0. The molecule has 5 rings (SSSR count). The van der Waals surface area contributed by atoms with Crippen molar-refractivity contribution in [2.24, 2.45) is 0 Å². The maximum Gasteiger partial charge on any atom is 0.336 e. The molecule has 0 unspecified atom stereocenters. The van der Waals surface area contributed by atoms with Gasteiger partial charge in [-0.3, -0.25) is 0 Å². The second-order valence-electron chi connectivity index (χ2n) is 7.43. The summed E-state index contributed by atoms with van der Waals surface area (Å²) in [6.45, 7) is 0. The van der Waals surface area contributed by atoms with E-state index in [0.29, 0.717) is 27.4 Å². The average molecular weight is 488 g/mol. The Morgan fingerprint density at radius 3 is 1.89 bits per heavy atom. The van der Waals surface area contributed by atoms with Gasteiger partial charge < -0.3 is 20.1 Å². The molecule has 1 heterocycles. The summed E-state index contributed by atoms with van der Waals surface area (Å²) in [6.07, 6.45) is 1.56. The van der Waals surface area contributed by atoms with E-state index in [-0.39, 0.29) is 16.9 Å². The van der Waals surface area contributed by atoms with E-state index >= 15 is 0 Å². The average Bonchev–Trinajstić information content (AvgIpc) is 2.83.